The summed E-state index contributed by atoms with van der Waals surface area (Å²) in [5.41, 5.74) is 1.75. The summed E-state index contributed by atoms with van der Waals surface area (Å²) in [5, 5.41) is 6.52. The monoisotopic (exact) mass is 367 g/mol. The van der Waals surface area contributed by atoms with Gasteiger partial charge in [0.05, 0.1) is 0 Å². The van der Waals surface area contributed by atoms with Gasteiger partial charge in [-0.25, -0.2) is 4.98 Å². The molecule has 0 bridgehead atoms. The van der Waals surface area contributed by atoms with Crippen molar-refractivity contribution in [2.45, 2.75) is 12.5 Å². The first-order chi connectivity index (χ1) is 13.1. The maximum atomic E-state index is 12.4. The molecular weight excluding hydrogens is 338 g/mol. The molecule has 2 N–H and O–H groups in total. The molecular formula is C21H29N5O. The highest BCUT2D eigenvalue weighted by atomic mass is 16.1. The highest BCUT2D eigenvalue weighted by Gasteiger charge is 2.22. The van der Waals surface area contributed by atoms with E-state index in [2.05, 4.69) is 49.7 Å². The molecule has 0 saturated carbocycles. The van der Waals surface area contributed by atoms with Crippen LogP contribution >= 0.6 is 0 Å². The maximum absolute atomic E-state index is 12.4. The first-order valence-corrected chi connectivity index (χ1v) is 9.57. The van der Waals surface area contributed by atoms with Crippen molar-refractivity contribution in [2.75, 3.05) is 51.7 Å². The number of rotatable bonds is 7. The Morgan fingerprint density at radius 1 is 1.22 bits per heavy atom. The zero-order valence-electron chi connectivity index (χ0n) is 16.2. The molecule has 6 nitrogen and oxygen atoms in total. The fourth-order valence-electron chi connectivity index (χ4n) is 3.28. The molecule has 0 spiro atoms. The molecule has 3 rings (SSSR count). The number of carbonyl (C=O) groups is 1. The van der Waals surface area contributed by atoms with E-state index in [4.69, 9.17) is 0 Å². The lowest BCUT2D eigenvalue weighted by atomic mass is 10.0. The largest absolute Gasteiger partial charge is 0.353 e. The van der Waals surface area contributed by atoms with E-state index in [9.17, 15) is 4.79 Å². The van der Waals surface area contributed by atoms with Gasteiger partial charge in [-0.3, -0.25) is 4.79 Å². The van der Waals surface area contributed by atoms with Crippen LogP contribution in [0.15, 0.2) is 48.5 Å². The summed E-state index contributed by atoms with van der Waals surface area (Å²) in [4.78, 5) is 21.4. The molecule has 1 fully saturated rings. The smallest absolute Gasteiger partial charge is 0.269 e. The zero-order valence-corrected chi connectivity index (χ0v) is 16.2. The van der Waals surface area contributed by atoms with Crippen molar-refractivity contribution in [3.05, 3.63) is 59.8 Å². The molecule has 1 aromatic carbocycles. The Labute approximate surface area is 161 Å². The molecule has 0 radical (unpaired) electrons. The Hall–Kier alpha value is -2.44. The molecule has 1 unspecified atom stereocenters. The third kappa shape index (κ3) is 5.52. The second-order valence-corrected chi connectivity index (χ2v) is 7.16. The number of nitrogens with zero attached hydrogens (tertiary/aromatic N) is 3. The minimum absolute atomic E-state index is 0.106. The molecule has 1 aliphatic rings. The van der Waals surface area contributed by atoms with Gasteiger partial charge < -0.3 is 20.4 Å². The second-order valence-electron chi connectivity index (χ2n) is 7.16. The number of carbonyl (C=O) groups excluding carboxylic acids is 1. The first kappa shape index (κ1) is 19.3. The van der Waals surface area contributed by atoms with E-state index in [0.29, 0.717) is 12.2 Å². The van der Waals surface area contributed by atoms with Crippen molar-refractivity contribution in [1.82, 2.24) is 20.5 Å². The number of benzene rings is 1. The van der Waals surface area contributed by atoms with Crippen molar-refractivity contribution in [3.63, 3.8) is 0 Å². The van der Waals surface area contributed by atoms with E-state index in [0.717, 1.165) is 38.4 Å². The molecule has 0 aliphatic carbocycles. The van der Waals surface area contributed by atoms with Crippen LogP contribution in [0.1, 0.15) is 28.5 Å². The van der Waals surface area contributed by atoms with E-state index < -0.39 is 0 Å². The fourth-order valence-corrected chi connectivity index (χ4v) is 3.28. The van der Waals surface area contributed by atoms with E-state index in [-0.39, 0.29) is 11.9 Å². The summed E-state index contributed by atoms with van der Waals surface area (Å²) in [6, 6.07) is 16.4. The van der Waals surface area contributed by atoms with Crippen LogP contribution in [0.4, 0.5) is 5.82 Å². The minimum atomic E-state index is -0.106. The number of amides is 1. The Morgan fingerprint density at radius 3 is 2.81 bits per heavy atom. The van der Waals surface area contributed by atoms with Crippen LogP contribution < -0.4 is 15.5 Å². The Kier molecular flexibility index (Phi) is 6.79. The first-order valence-electron chi connectivity index (χ1n) is 9.57. The van der Waals surface area contributed by atoms with Crippen molar-refractivity contribution in [1.29, 1.82) is 0 Å². The Bertz CT molecular complexity index is 734. The minimum Gasteiger partial charge on any atom is -0.353 e. The van der Waals surface area contributed by atoms with E-state index in [1.165, 1.54) is 5.56 Å². The molecule has 2 heterocycles. The SMILES string of the molecule is CN(C)CCCNC(=O)c1cccc(N2CCNC(c3ccccc3)C2)n1. The van der Waals surface area contributed by atoms with Gasteiger partial charge in [0.15, 0.2) is 0 Å². The number of hydrogen-bond donors (Lipinski definition) is 2. The highest BCUT2D eigenvalue weighted by molar-refractivity contribution is 5.92. The molecule has 1 amide bonds. The van der Waals surface area contributed by atoms with Crippen LogP contribution in [0.3, 0.4) is 0 Å². The maximum Gasteiger partial charge on any atom is 0.269 e. The number of hydrogen-bond acceptors (Lipinski definition) is 5. The Morgan fingerprint density at radius 2 is 2.04 bits per heavy atom. The summed E-state index contributed by atoms with van der Waals surface area (Å²) < 4.78 is 0. The third-order valence-corrected chi connectivity index (χ3v) is 4.74. The molecule has 144 valence electrons. The van der Waals surface area contributed by atoms with Crippen LogP contribution in [0.5, 0.6) is 0 Å². The summed E-state index contributed by atoms with van der Waals surface area (Å²) >= 11 is 0. The number of nitrogens with one attached hydrogen (secondary N) is 2. The second kappa shape index (κ2) is 9.48. The predicted octanol–water partition coefficient (Wildman–Crippen LogP) is 1.91. The van der Waals surface area contributed by atoms with Gasteiger partial charge in [0.25, 0.3) is 5.91 Å². The molecule has 6 heteroatoms. The van der Waals surface area contributed by atoms with Crippen molar-refractivity contribution >= 4 is 11.7 Å². The van der Waals surface area contributed by atoms with Gasteiger partial charge >= 0.3 is 0 Å². The van der Waals surface area contributed by atoms with Crippen molar-refractivity contribution in [3.8, 4) is 0 Å². The lowest BCUT2D eigenvalue weighted by Crippen LogP contribution is -2.46. The van der Waals surface area contributed by atoms with Crippen LogP contribution in [0.2, 0.25) is 0 Å². The number of piperazine rings is 1. The molecule has 1 saturated heterocycles. The summed E-state index contributed by atoms with van der Waals surface area (Å²) in [5.74, 6) is 0.753. The van der Waals surface area contributed by atoms with Crippen LogP contribution in [-0.4, -0.2) is 62.6 Å². The summed E-state index contributed by atoms with van der Waals surface area (Å²) in [6.45, 7) is 4.22. The van der Waals surface area contributed by atoms with Gasteiger partial charge in [-0.2, -0.15) is 0 Å². The fraction of sp³-hybridized carbons (Fsp3) is 0.429. The average molecular weight is 367 g/mol. The average Bonchev–Trinajstić information content (AvgIpc) is 2.72. The third-order valence-electron chi connectivity index (χ3n) is 4.74. The topological polar surface area (TPSA) is 60.5 Å². The molecule has 2 aromatic rings. The van der Waals surface area contributed by atoms with Gasteiger partial charge in [0.2, 0.25) is 0 Å². The van der Waals surface area contributed by atoms with Crippen molar-refractivity contribution in [2.24, 2.45) is 0 Å². The molecule has 1 aromatic heterocycles. The predicted molar refractivity (Wildman–Crippen MR) is 109 cm³/mol. The molecule has 1 aliphatic heterocycles. The summed E-state index contributed by atoms with van der Waals surface area (Å²) in [7, 11) is 4.06. The zero-order chi connectivity index (χ0) is 19.1. The molecule has 27 heavy (non-hydrogen) atoms. The van der Waals surface area contributed by atoms with Gasteiger partial charge in [0, 0.05) is 32.2 Å². The quantitative estimate of drug-likeness (QED) is 0.732. The van der Waals surface area contributed by atoms with Crippen LogP contribution in [-0.2, 0) is 0 Å². The lowest BCUT2D eigenvalue weighted by molar-refractivity contribution is 0.0947. The number of aromatic nitrogens is 1. The lowest BCUT2D eigenvalue weighted by Gasteiger charge is -2.35. The van der Waals surface area contributed by atoms with Crippen LogP contribution in [0, 0.1) is 0 Å². The summed E-state index contributed by atoms with van der Waals surface area (Å²) in [6.07, 6.45) is 0.926. The number of pyridine rings is 1. The number of anilines is 1. The van der Waals surface area contributed by atoms with E-state index >= 15 is 0 Å². The van der Waals surface area contributed by atoms with E-state index in [1.54, 1.807) is 6.07 Å². The van der Waals surface area contributed by atoms with Crippen LogP contribution in [0.25, 0.3) is 0 Å². The van der Waals surface area contributed by atoms with E-state index in [1.807, 2.05) is 32.3 Å². The normalized spacial score (nSPS) is 17.1. The van der Waals surface area contributed by atoms with Gasteiger partial charge in [-0.1, -0.05) is 36.4 Å². The highest BCUT2D eigenvalue weighted by Crippen LogP contribution is 2.21. The van der Waals surface area contributed by atoms with Crippen molar-refractivity contribution < 1.29 is 4.79 Å². The van der Waals surface area contributed by atoms with Gasteiger partial charge in [-0.15, -0.1) is 0 Å². The van der Waals surface area contributed by atoms with Gasteiger partial charge in [0.1, 0.15) is 11.5 Å². The molecule has 1 atom stereocenters. The standard InChI is InChI=1S/C21H29N5O/c1-25(2)14-7-12-23-21(27)18-10-6-11-20(24-18)26-15-13-22-19(16-26)17-8-4-3-5-9-17/h3-6,8-11,19,22H,7,12-16H2,1-2H3,(H,23,27). The Balaban J connectivity index is 1.61. The van der Waals surface area contributed by atoms with Gasteiger partial charge in [-0.05, 0) is 44.8 Å².